The van der Waals surface area contributed by atoms with Crippen molar-refractivity contribution in [2.24, 2.45) is 0 Å². The van der Waals surface area contributed by atoms with Crippen LogP contribution in [0.4, 0.5) is 0 Å². The molecular weight excluding hydrogens is 286 g/mol. The summed E-state index contributed by atoms with van der Waals surface area (Å²) in [7, 11) is 2.06. The van der Waals surface area contributed by atoms with Gasteiger partial charge in [0.1, 0.15) is 0 Å². The van der Waals surface area contributed by atoms with Crippen LogP contribution in [-0.2, 0) is 12.8 Å². The number of fused-ring (bicyclic) bond motifs is 1. The Morgan fingerprint density at radius 3 is 2.65 bits per heavy atom. The average molecular weight is 304 g/mol. The highest BCUT2D eigenvalue weighted by atomic mass is 35.5. The second-order valence-corrected chi connectivity index (χ2v) is 6.91. The Balaban J connectivity index is 1.71. The summed E-state index contributed by atoms with van der Waals surface area (Å²) < 4.78 is 0. The zero-order valence-electron chi connectivity index (χ0n) is 11.5. The zero-order chi connectivity index (χ0) is 13.9. The molecule has 104 valence electrons. The number of likely N-dealkylation sites (N-methyl/N-ethyl adjacent to an activating group) is 1. The van der Waals surface area contributed by atoms with Gasteiger partial charge in [0.05, 0.1) is 0 Å². The van der Waals surface area contributed by atoms with Crippen molar-refractivity contribution < 1.29 is 0 Å². The van der Waals surface area contributed by atoms with E-state index in [4.69, 9.17) is 11.6 Å². The molecule has 0 saturated carbocycles. The molecule has 2 unspecified atom stereocenters. The van der Waals surface area contributed by atoms with Crippen molar-refractivity contribution in [2.75, 3.05) is 7.05 Å². The summed E-state index contributed by atoms with van der Waals surface area (Å²) in [5.41, 5.74) is 2.82. The number of halogens is 1. The third-order valence-corrected chi connectivity index (χ3v) is 5.56. The van der Waals surface area contributed by atoms with Crippen LogP contribution in [0.3, 0.4) is 0 Å². The van der Waals surface area contributed by atoms with E-state index in [1.54, 1.807) is 0 Å². The fourth-order valence-electron chi connectivity index (χ4n) is 2.73. The summed E-state index contributed by atoms with van der Waals surface area (Å²) in [6, 6.07) is 17.4. The highest BCUT2D eigenvalue weighted by molar-refractivity contribution is 8.00. The molecule has 1 aliphatic heterocycles. The molecule has 0 spiro atoms. The van der Waals surface area contributed by atoms with Crippen molar-refractivity contribution in [3.05, 3.63) is 64.7 Å². The lowest BCUT2D eigenvalue weighted by Gasteiger charge is -2.22. The van der Waals surface area contributed by atoms with Crippen LogP contribution in [0, 0.1) is 0 Å². The third kappa shape index (κ3) is 3.03. The van der Waals surface area contributed by atoms with Crippen molar-refractivity contribution in [3.8, 4) is 0 Å². The lowest BCUT2D eigenvalue weighted by molar-refractivity contribution is 0.537. The molecule has 3 heteroatoms. The summed E-state index contributed by atoms with van der Waals surface area (Å²) in [5, 5.41) is 4.90. The number of rotatable bonds is 4. The van der Waals surface area contributed by atoms with Gasteiger partial charge in [-0.1, -0.05) is 41.9 Å². The summed E-state index contributed by atoms with van der Waals surface area (Å²) in [6.45, 7) is 0. The smallest absolute Gasteiger partial charge is 0.0406 e. The Hall–Kier alpha value is -0.960. The summed E-state index contributed by atoms with van der Waals surface area (Å²) >= 11 is 7.95. The van der Waals surface area contributed by atoms with Gasteiger partial charge in [0, 0.05) is 21.2 Å². The molecule has 0 aromatic heterocycles. The van der Waals surface area contributed by atoms with Crippen LogP contribution in [0.25, 0.3) is 0 Å². The van der Waals surface area contributed by atoms with Crippen LogP contribution in [-0.4, -0.2) is 18.3 Å². The van der Waals surface area contributed by atoms with Gasteiger partial charge < -0.3 is 5.32 Å². The first kappa shape index (κ1) is 14.0. The maximum atomic E-state index is 5.95. The van der Waals surface area contributed by atoms with Crippen molar-refractivity contribution in [1.29, 1.82) is 0 Å². The van der Waals surface area contributed by atoms with E-state index in [2.05, 4.69) is 48.8 Å². The molecule has 3 rings (SSSR count). The van der Waals surface area contributed by atoms with Crippen LogP contribution < -0.4 is 5.32 Å². The lowest BCUT2D eigenvalue weighted by atomic mass is 9.99. The molecule has 1 aliphatic rings. The van der Waals surface area contributed by atoms with Crippen LogP contribution in [0.2, 0.25) is 5.02 Å². The van der Waals surface area contributed by atoms with E-state index in [-0.39, 0.29) is 0 Å². The number of hydrogen-bond donors (Lipinski definition) is 1. The number of hydrogen-bond acceptors (Lipinski definition) is 2. The second-order valence-electron chi connectivity index (χ2n) is 5.19. The van der Waals surface area contributed by atoms with Crippen LogP contribution in [0.15, 0.2) is 53.4 Å². The summed E-state index contributed by atoms with van der Waals surface area (Å²) in [6.07, 6.45) is 2.19. The first-order valence-electron chi connectivity index (χ1n) is 6.92. The van der Waals surface area contributed by atoms with Gasteiger partial charge in [-0.3, -0.25) is 0 Å². The molecule has 20 heavy (non-hydrogen) atoms. The maximum Gasteiger partial charge on any atom is 0.0406 e. The van der Waals surface area contributed by atoms with Gasteiger partial charge in [0.15, 0.2) is 0 Å². The van der Waals surface area contributed by atoms with Gasteiger partial charge in [-0.25, -0.2) is 0 Å². The second kappa shape index (κ2) is 6.21. The monoisotopic (exact) mass is 303 g/mol. The van der Waals surface area contributed by atoms with Gasteiger partial charge in [-0.05, 0) is 49.2 Å². The minimum atomic E-state index is 0.480. The van der Waals surface area contributed by atoms with Crippen molar-refractivity contribution in [2.45, 2.75) is 29.0 Å². The SMILES string of the molecule is CNC(Cc1ccc(Cl)cc1)C1Cc2ccccc2S1. The van der Waals surface area contributed by atoms with Gasteiger partial charge in [-0.2, -0.15) is 0 Å². The number of benzene rings is 2. The lowest BCUT2D eigenvalue weighted by Crippen LogP contribution is -2.37. The first-order chi connectivity index (χ1) is 9.76. The predicted molar refractivity (Wildman–Crippen MR) is 87.8 cm³/mol. The van der Waals surface area contributed by atoms with E-state index in [0.29, 0.717) is 11.3 Å². The van der Waals surface area contributed by atoms with E-state index in [1.807, 2.05) is 23.9 Å². The Morgan fingerprint density at radius 1 is 1.20 bits per heavy atom. The Labute approximate surface area is 129 Å². The predicted octanol–water partition coefficient (Wildman–Crippen LogP) is 4.19. The van der Waals surface area contributed by atoms with E-state index in [9.17, 15) is 0 Å². The standard InChI is InChI=1S/C17H18ClNS/c1-19-15(10-12-6-8-14(18)9-7-12)17-11-13-4-2-3-5-16(13)20-17/h2-9,15,17,19H,10-11H2,1H3. The van der Waals surface area contributed by atoms with Gasteiger partial charge >= 0.3 is 0 Å². The van der Waals surface area contributed by atoms with E-state index in [0.717, 1.165) is 17.9 Å². The Kier molecular flexibility index (Phi) is 4.35. The largest absolute Gasteiger partial charge is 0.316 e. The van der Waals surface area contributed by atoms with Crippen LogP contribution in [0.1, 0.15) is 11.1 Å². The summed E-state index contributed by atoms with van der Waals surface area (Å²) in [5.74, 6) is 0. The van der Waals surface area contributed by atoms with Gasteiger partial charge in [-0.15, -0.1) is 11.8 Å². The highest BCUT2D eigenvalue weighted by Gasteiger charge is 2.28. The zero-order valence-corrected chi connectivity index (χ0v) is 13.0. The molecule has 0 fully saturated rings. The van der Waals surface area contributed by atoms with E-state index < -0.39 is 0 Å². The minimum absolute atomic E-state index is 0.480. The molecule has 0 radical (unpaired) electrons. The van der Waals surface area contributed by atoms with Crippen LogP contribution in [0.5, 0.6) is 0 Å². The molecule has 1 N–H and O–H groups in total. The highest BCUT2D eigenvalue weighted by Crippen LogP contribution is 2.38. The Morgan fingerprint density at radius 2 is 1.95 bits per heavy atom. The van der Waals surface area contributed by atoms with E-state index in [1.165, 1.54) is 16.0 Å². The first-order valence-corrected chi connectivity index (χ1v) is 8.18. The van der Waals surface area contributed by atoms with Crippen LogP contribution >= 0.6 is 23.4 Å². The fourth-order valence-corrected chi connectivity index (χ4v) is 4.30. The molecule has 0 amide bonds. The molecule has 0 aliphatic carbocycles. The third-order valence-electron chi connectivity index (χ3n) is 3.86. The molecular formula is C17H18ClNS. The topological polar surface area (TPSA) is 12.0 Å². The van der Waals surface area contributed by atoms with Gasteiger partial charge in [0.25, 0.3) is 0 Å². The molecule has 1 nitrogen and oxygen atoms in total. The maximum absolute atomic E-state index is 5.95. The quantitative estimate of drug-likeness (QED) is 0.909. The van der Waals surface area contributed by atoms with E-state index >= 15 is 0 Å². The van der Waals surface area contributed by atoms with Gasteiger partial charge in [0.2, 0.25) is 0 Å². The molecule has 2 aromatic carbocycles. The number of nitrogens with one attached hydrogen (secondary N) is 1. The normalized spacial score (nSPS) is 18.8. The minimum Gasteiger partial charge on any atom is -0.316 e. The number of thioether (sulfide) groups is 1. The molecule has 2 atom stereocenters. The van der Waals surface area contributed by atoms with Crippen molar-refractivity contribution >= 4 is 23.4 Å². The average Bonchev–Trinajstić information content (AvgIpc) is 2.90. The summed E-state index contributed by atoms with van der Waals surface area (Å²) in [4.78, 5) is 1.44. The fraction of sp³-hybridized carbons (Fsp3) is 0.294. The Bertz CT molecular complexity index is 557. The van der Waals surface area contributed by atoms with Crippen molar-refractivity contribution in [1.82, 2.24) is 5.32 Å². The molecule has 0 saturated heterocycles. The molecule has 0 bridgehead atoms. The molecule has 2 aromatic rings. The molecule has 1 heterocycles. The van der Waals surface area contributed by atoms with Crippen molar-refractivity contribution in [3.63, 3.8) is 0 Å².